The topological polar surface area (TPSA) is 64.1 Å². The summed E-state index contributed by atoms with van der Waals surface area (Å²) in [6.45, 7) is 5.61. The van der Waals surface area contributed by atoms with Crippen molar-refractivity contribution in [3.8, 4) is 17.2 Å². The zero-order chi connectivity index (χ0) is 24.8. The van der Waals surface area contributed by atoms with Gasteiger partial charge in [-0.1, -0.05) is 17.4 Å². The highest BCUT2D eigenvalue weighted by Gasteiger charge is 2.19. The summed E-state index contributed by atoms with van der Waals surface area (Å²) in [5, 5.41) is 0.710. The van der Waals surface area contributed by atoms with E-state index in [0.29, 0.717) is 28.9 Å². The number of hydrogen-bond donors (Lipinski definition) is 0. The summed E-state index contributed by atoms with van der Waals surface area (Å²) in [5.74, 6) is 1.46. The molecule has 0 unspecified atom stereocenters. The van der Waals surface area contributed by atoms with Gasteiger partial charge in [-0.05, 0) is 81.9 Å². The number of hydrogen-bond acceptors (Lipinski definition) is 7. The number of fused-ring (bicyclic) bond motifs is 1. The van der Waals surface area contributed by atoms with Crippen molar-refractivity contribution in [3.63, 3.8) is 0 Å². The molecule has 0 fully saturated rings. The second-order valence-electron chi connectivity index (χ2n) is 8.29. The highest BCUT2D eigenvalue weighted by atomic mass is 35.5. The van der Waals surface area contributed by atoms with E-state index in [2.05, 4.69) is 30.9 Å². The Balaban J connectivity index is 0.00000432. The number of aromatic nitrogens is 1. The van der Waals surface area contributed by atoms with E-state index >= 15 is 0 Å². The summed E-state index contributed by atoms with van der Waals surface area (Å²) in [4.78, 5) is 22.1. The largest absolute Gasteiger partial charge is 0.493 e. The van der Waals surface area contributed by atoms with E-state index in [1.165, 1.54) is 5.56 Å². The minimum absolute atomic E-state index is 0. The molecule has 0 aliphatic rings. The fraction of sp³-hybridized carbons (Fsp3) is 0.385. The molecule has 0 N–H and O–H groups in total. The van der Waals surface area contributed by atoms with Crippen molar-refractivity contribution in [3.05, 3.63) is 47.0 Å². The molecule has 0 atom stereocenters. The Morgan fingerprint density at radius 1 is 1.03 bits per heavy atom. The number of amides is 1. The van der Waals surface area contributed by atoms with Gasteiger partial charge in [-0.3, -0.25) is 9.69 Å². The van der Waals surface area contributed by atoms with E-state index in [9.17, 15) is 4.79 Å². The molecular formula is C26H34ClN3O4S. The van der Waals surface area contributed by atoms with Crippen LogP contribution in [0.1, 0.15) is 23.1 Å². The monoisotopic (exact) mass is 519 g/mol. The first kappa shape index (κ1) is 28.4. The number of ether oxygens (including phenoxy) is 3. The van der Waals surface area contributed by atoms with E-state index < -0.39 is 0 Å². The van der Waals surface area contributed by atoms with Crippen LogP contribution in [0.4, 0.5) is 5.13 Å². The van der Waals surface area contributed by atoms with Gasteiger partial charge in [0.25, 0.3) is 5.91 Å². The molecule has 2 aromatic carbocycles. The number of thiazole rings is 1. The van der Waals surface area contributed by atoms with Crippen molar-refractivity contribution < 1.29 is 19.0 Å². The van der Waals surface area contributed by atoms with E-state index in [4.69, 9.17) is 19.2 Å². The average Bonchev–Trinajstić information content (AvgIpc) is 3.26. The second-order valence-corrected chi connectivity index (χ2v) is 9.30. The molecule has 0 spiro atoms. The van der Waals surface area contributed by atoms with Gasteiger partial charge in [0.2, 0.25) is 5.75 Å². The molecule has 7 nitrogen and oxygen atoms in total. The number of anilines is 1. The van der Waals surface area contributed by atoms with E-state index in [1.54, 1.807) is 49.7 Å². The molecular weight excluding hydrogens is 486 g/mol. The lowest BCUT2D eigenvalue weighted by Crippen LogP contribution is -2.32. The normalized spacial score (nSPS) is 11.1. The van der Waals surface area contributed by atoms with Gasteiger partial charge in [0.15, 0.2) is 16.6 Å². The predicted molar refractivity (Wildman–Crippen MR) is 147 cm³/mol. The maximum Gasteiger partial charge on any atom is 0.252 e. The molecule has 3 rings (SSSR count). The maximum atomic E-state index is 13.4. The van der Waals surface area contributed by atoms with Crippen molar-refractivity contribution >= 4 is 51.1 Å². The highest BCUT2D eigenvalue weighted by Crippen LogP contribution is 2.38. The molecule has 3 aromatic rings. The standard InChI is InChI=1S/C26H33N3O4S.ClH/c1-17-9-11-22-24(18(17)2)27-26(34-22)29(14-8-13-28(3)4)23(30)12-10-19-15-20(31-5)25(33-7)21(16-19)32-6;/h9-12,15-16H,8,13-14H2,1-7H3;1H. The summed E-state index contributed by atoms with van der Waals surface area (Å²) in [7, 11) is 8.76. The predicted octanol–water partition coefficient (Wildman–Crippen LogP) is 5.36. The smallest absolute Gasteiger partial charge is 0.252 e. The van der Waals surface area contributed by atoms with Gasteiger partial charge < -0.3 is 19.1 Å². The van der Waals surface area contributed by atoms with Gasteiger partial charge in [-0.2, -0.15) is 0 Å². The Morgan fingerprint density at radius 3 is 2.26 bits per heavy atom. The zero-order valence-corrected chi connectivity index (χ0v) is 23.0. The number of benzene rings is 2. The summed E-state index contributed by atoms with van der Waals surface area (Å²) >= 11 is 1.54. The van der Waals surface area contributed by atoms with Crippen molar-refractivity contribution in [2.75, 3.05) is 53.4 Å². The lowest BCUT2D eigenvalue weighted by atomic mass is 10.1. The molecule has 35 heavy (non-hydrogen) atoms. The highest BCUT2D eigenvalue weighted by molar-refractivity contribution is 7.22. The van der Waals surface area contributed by atoms with Gasteiger partial charge in [-0.25, -0.2) is 4.98 Å². The SMILES string of the molecule is COc1cc(C=CC(=O)N(CCCN(C)C)c2nc3c(C)c(C)ccc3s2)cc(OC)c1OC.Cl. The third-order valence-corrected chi connectivity index (χ3v) is 6.71. The minimum Gasteiger partial charge on any atom is -0.493 e. The number of aryl methyl sites for hydroxylation is 2. The Kier molecular flexibility index (Phi) is 10.4. The molecule has 9 heteroatoms. The first-order valence-corrected chi connectivity index (χ1v) is 11.9. The molecule has 1 aromatic heterocycles. The zero-order valence-electron chi connectivity index (χ0n) is 21.4. The fourth-order valence-corrected chi connectivity index (χ4v) is 4.69. The molecule has 0 bridgehead atoms. The van der Waals surface area contributed by atoms with Crippen LogP contribution in [0.3, 0.4) is 0 Å². The minimum atomic E-state index is -0.124. The molecule has 1 amide bonds. The van der Waals surface area contributed by atoms with Crippen LogP contribution >= 0.6 is 23.7 Å². The van der Waals surface area contributed by atoms with Gasteiger partial charge in [0.05, 0.1) is 31.5 Å². The molecule has 1 heterocycles. The summed E-state index contributed by atoms with van der Waals surface area (Å²) in [6, 6.07) is 7.80. The van der Waals surface area contributed by atoms with Crippen LogP contribution in [-0.4, -0.2) is 64.3 Å². The second kappa shape index (κ2) is 12.8. The van der Waals surface area contributed by atoms with Crippen LogP contribution < -0.4 is 19.1 Å². The summed E-state index contributed by atoms with van der Waals surface area (Å²) in [5.41, 5.74) is 4.07. The third-order valence-electron chi connectivity index (χ3n) is 5.66. The van der Waals surface area contributed by atoms with Crippen LogP contribution in [0, 0.1) is 13.8 Å². The number of nitrogens with zero attached hydrogens (tertiary/aromatic N) is 3. The summed E-state index contributed by atoms with van der Waals surface area (Å²) < 4.78 is 17.3. The first-order valence-electron chi connectivity index (χ1n) is 11.1. The van der Waals surface area contributed by atoms with E-state index in [-0.39, 0.29) is 18.3 Å². The Morgan fingerprint density at radius 2 is 1.69 bits per heavy atom. The lowest BCUT2D eigenvalue weighted by Gasteiger charge is -2.19. The van der Waals surface area contributed by atoms with E-state index in [0.717, 1.165) is 34.3 Å². The fourth-order valence-electron chi connectivity index (χ4n) is 3.63. The molecule has 190 valence electrons. The number of carbonyl (C=O) groups excluding carboxylic acids is 1. The van der Waals surface area contributed by atoms with Gasteiger partial charge in [0, 0.05) is 12.6 Å². The number of halogens is 1. The van der Waals surface area contributed by atoms with Crippen LogP contribution in [-0.2, 0) is 4.79 Å². The van der Waals surface area contributed by atoms with Crippen LogP contribution in [0.25, 0.3) is 16.3 Å². The Hall–Kier alpha value is -2.81. The van der Waals surface area contributed by atoms with Crippen molar-refractivity contribution in [1.82, 2.24) is 9.88 Å². The average molecular weight is 520 g/mol. The Labute approximate surface area is 217 Å². The van der Waals surface area contributed by atoms with E-state index in [1.807, 2.05) is 26.2 Å². The lowest BCUT2D eigenvalue weighted by molar-refractivity contribution is -0.114. The van der Waals surface area contributed by atoms with Crippen LogP contribution in [0.2, 0.25) is 0 Å². The van der Waals surface area contributed by atoms with Crippen molar-refractivity contribution in [2.45, 2.75) is 20.3 Å². The van der Waals surface area contributed by atoms with Gasteiger partial charge >= 0.3 is 0 Å². The van der Waals surface area contributed by atoms with Crippen LogP contribution in [0.15, 0.2) is 30.3 Å². The number of carbonyl (C=O) groups is 1. The van der Waals surface area contributed by atoms with Crippen molar-refractivity contribution in [1.29, 1.82) is 0 Å². The molecule has 0 saturated heterocycles. The van der Waals surface area contributed by atoms with Crippen molar-refractivity contribution in [2.24, 2.45) is 0 Å². The molecule has 0 radical (unpaired) electrons. The number of methoxy groups -OCH3 is 3. The third kappa shape index (κ3) is 6.66. The van der Waals surface area contributed by atoms with Gasteiger partial charge in [-0.15, -0.1) is 12.4 Å². The molecule has 0 aliphatic carbocycles. The molecule has 0 saturated carbocycles. The number of rotatable bonds is 10. The quantitative estimate of drug-likeness (QED) is 0.336. The molecule has 0 aliphatic heterocycles. The summed E-state index contributed by atoms with van der Waals surface area (Å²) in [6.07, 6.45) is 4.17. The maximum absolute atomic E-state index is 13.4. The first-order chi connectivity index (χ1) is 16.3. The Bertz CT molecular complexity index is 1170. The van der Waals surface area contributed by atoms with Gasteiger partial charge in [0.1, 0.15) is 0 Å². The van der Waals surface area contributed by atoms with Crippen LogP contribution in [0.5, 0.6) is 17.2 Å².